The smallest absolute Gasteiger partial charge is 0.264 e. The summed E-state index contributed by atoms with van der Waals surface area (Å²) in [6.07, 6.45) is 0.571. The number of hydrogen-bond acceptors (Lipinski definition) is 5. The van der Waals surface area contributed by atoms with E-state index in [2.05, 4.69) is 10.0 Å². The van der Waals surface area contributed by atoms with Crippen LogP contribution in [0.1, 0.15) is 12.5 Å². The molecule has 5 aromatic carbocycles. The lowest BCUT2D eigenvalue weighted by atomic mass is 10.1. The van der Waals surface area contributed by atoms with Gasteiger partial charge in [0, 0.05) is 11.1 Å². The standard InChI is InChI=1S/C32H29N3O5S2/c1-2-24-11-7-9-18-31(24)35(42(39,40)28-14-4-3-5-15-28)23-32(36)33-26-19-21-27(22-20-26)41(37,38)34-30-17-10-13-25-12-6-8-16-29(25)30/h3-22,34H,2,23H2,1H3,(H,33,36). The van der Waals surface area contributed by atoms with Gasteiger partial charge in [-0.3, -0.25) is 13.8 Å². The van der Waals surface area contributed by atoms with E-state index in [0.29, 0.717) is 23.5 Å². The molecule has 0 heterocycles. The second-order valence-corrected chi connectivity index (χ2v) is 13.1. The lowest BCUT2D eigenvalue weighted by molar-refractivity contribution is -0.114. The number of sulfonamides is 2. The highest BCUT2D eigenvalue weighted by atomic mass is 32.2. The van der Waals surface area contributed by atoms with Crippen molar-refractivity contribution in [3.8, 4) is 0 Å². The van der Waals surface area contributed by atoms with E-state index in [1.165, 1.54) is 36.4 Å². The van der Waals surface area contributed by atoms with Crippen LogP contribution in [0.25, 0.3) is 10.8 Å². The molecule has 2 N–H and O–H groups in total. The fraction of sp³-hybridized carbons (Fsp3) is 0.0938. The third kappa shape index (κ3) is 6.14. The van der Waals surface area contributed by atoms with Crippen molar-refractivity contribution in [1.82, 2.24) is 0 Å². The Kier molecular flexibility index (Phi) is 8.28. The van der Waals surface area contributed by atoms with Crippen LogP contribution in [-0.2, 0) is 31.3 Å². The van der Waals surface area contributed by atoms with E-state index in [1.54, 1.807) is 42.5 Å². The highest BCUT2D eigenvalue weighted by molar-refractivity contribution is 7.93. The average molecular weight is 600 g/mol. The number of aryl methyl sites for hydroxylation is 1. The van der Waals surface area contributed by atoms with Gasteiger partial charge in [-0.05, 0) is 65.9 Å². The van der Waals surface area contributed by atoms with Crippen LogP contribution in [0.15, 0.2) is 131 Å². The van der Waals surface area contributed by atoms with Gasteiger partial charge in [-0.1, -0.05) is 79.7 Å². The minimum absolute atomic E-state index is 0.0126. The Morgan fingerprint density at radius 3 is 2.07 bits per heavy atom. The van der Waals surface area contributed by atoms with Crippen molar-refractivity contribution >= 4 is 53.8 Å². The Hall–Kier alpha value is -4.67. The lowest BCUT2D eigenvalue weighted by Crippen LogP contribution is -2.38. The Morgan fingerprint density at radius 2 is 1.33 bits per heavy atom. The van der Waals surface area contributed by atoms with Crippen LogP contribution in [0.2, 0.25) is 0 Å². The summed E-state index contributed by atoms with van der Waals surface area (Å²) in [6.45, 7) is 1.44. The molecule has 0 unspecified atom stereocenters. The Balaban J connectivity index is 1.36. The van der Waals surface area contributed by atoms with Crippen LogP contribution in [0.5, 0.6) is 0 Å². The number of rotatable bonds is 10. The third-order valence-electron chi connectivity index (χ3n) is 6.74. The van der Waals surface area contributed by atoms with E-state index in [4.69, 9.17) is 0 Å². The van der Waals surface area contributed by atoms with Gasteiger partial charge in [0.1, 0.15) is 6.54 Å². The van der Waals surface area contributed by atoms with Gasteiger partial charge < -0.3 is 5.32 Å². The summed E-state index contributed by atoms with van der Waals surface area (Å²) >= 11 is 0. The molecule has 0 radical (unpaired) electrons. The molecule has 5 rings (SSSR count). The molecule has 0 atom stereocenters. The average Bonchev–Trinajstić information content (AvgIpc) is 3.00. The van der Waals surface area contributed by atoms with Gasteiger partial charge in [-0.2, -0.15) is 0 Å². The molecule has 0 aliphatic carbocycles. The van der Waals surface area contributed by atoms with Crippen LogP contribution in [0.3, 0.4) is 0 Å². The number of benzene rings is 5. The first-order valence-corrected chi connectivity index (χ1v) is 16.2. The monoisotopic (exact) mass is 599 g/mol. The molecule has 0 spiro atoms. The quantitative estimate of drug-likeness (QED) is 0.203. The summed E-state index contributed by atoms with van der Waals surface area (Å²) in [5.41, 5.74) is 1.97. The summed E-state index contributed by atoms with van der Waals surface area (Å²) in [7, 11) is -7.97. The van der Waals surface area contributed by atoms with Crippen molar-refractivity contribution in [2.45, 2.75) is 23.1 Å². The Bertz CT molecular complexity index is 1940. The number of nitrogens with one attached hydrogen (secondary N) is 2. The second-order valence-electron chi connectivity index (χ2n) is 9.51. The maximum absolute atomic E-state index is 13.6. The van der Waals surface area contributed by atoms with E-state index >= 15 is 0 Å². The van der Waals surface area contributed by atoms with Crippen LogP contribution >= 0.6 is 0 Å². The number of carbonyl (C=O) groups is 1. The predicted octanol–water partition coefficient (Wildman–Crippen LogP) is 6.04. The first-order valence-electron chi connectivity index (χ1n) is 13.3. The number of amides is 1. The van der Waals surface area contributed by atoms with E-state index in [0.717, 1.165) is 20.6 Å². The zero-order valence-electron chi connectivity index (χ0n) is 22.8. The minimum Gasteiger partial charge on any atom is -0.325 e. The zero-order chi connectivity index (χ0) is 29.7. The second kappa shape index (κ2) is 12.1. The van der Waals surface area contributed by atoms with Crippen LogP contribution in [0, 0.1) is 0 Å². The van der Waals surface area contributed by atoms with E-state index in [1.807, 2.05) is 49.4 Å². The Morgan fingerprint density at radius 1 is 0.690 bits per heavy atom. The number of para-hydroxylation sites is 1. The van der Waals surface area contributed by atoms with Crippen molar-refractivity contribution in [1.29, 1.82) is 0 Å². The molecule has 42 heavy (non-hydrogen) atoms. The molecule has 0 aliphatic heterocycles. The van der Waals surface area contributed by atoms with Gasteiger partial charge in [0.2, 0.25) is 5.91 Å². The first kappa shape index (κ1) is 28.8. The first-order chi connectivity index (χ1) is 20.2. The molecule has 0 bridgehead atoms. The van der Waals surface area contributed by atoms with Crippen molar-refractivity contribution < 1.29 is 21.6 Å². The molecular formula is C32H29N3O5S2. The van der Waals surface area contributed by atoms with Gasteiger partial charge in [-0.15, -0.1) is 0 Å². The van der Waals surface area contributed by atoms with Crippen molar-refractivity contribution in [2.24, 2.45) is 0 Å². The van der Waals surface area contributed by atoms with Gasteiger partial charge in [-0.25, -0.2) is 16.8 Å². The third-order valence-corrected chi connectivity index (χ3v) is 9.90. The summed E-state index contributed by atoms with van der Waals surface area (Å²) in [5, 5.41) is 4.37. The molecule has 0 fully saturated rings. The molecule has 214 valence electrons. The van der Waals surface area contributed by atoms with Crippen LogP contribution in [0.4, 0.5) is 17.1 Å². The summed E-state index contributed by atoms with van der Waals surface area (Å²) < 4.78 is 57.3. The molecule has 0 saturated carbocycles. The molecule has 0 saturated heterocycles. The molecule has 8 nitrogen and oxygen atoms in total. The molecule has 5 aromatic rings. The largest absolute Gasteiger partial charge is 0.325 e. The molecule has 10 heteroatoms. The number of carbonyl (C=O) groups excluding carboxylic acids is 1. The highest BCUT2D eigenvalue weighted by Crippen LogP contribution is 2.28. The fourth-order valence-corrected chi connectivity index (χ4v) is 7.20. The maximum Gasteiger partial charge on any atom is 0.264 e. The predicted molar refractivity (Wildman–Crippen MR) is 167 cm³/mol. The van der Waals surface area contributed by atoms with Crippen LogP contribution < -0.4 is 14.3 Å². The maximum atomic E-state index is 13.6. The normalized spacial score (nSPS) is 11.6. The van der Waals surface area contributed by atoms with E-state index in [-0.39, 0.29) is 9.79 Å². The SMILES string of the molecule is CCc1ccccc1N(CC(=O)Nc1ccc(S(=O)(=O)Nc2cccc3ccccc23)cc1)S(=O)(=O)c1ccccc1. The summed E-state index contributed by atoms with van der Waals surface area (Å²) in [5.74, 6) is -0.579. The number of nitrogens with zero attached hydrogens (tertiary/aromatic N) is 1. The summed E-state index contributed by atoms with van der Waals surface area (Å²) in [4.78, 5) is 13.3. The zero-order valence-corrected chi connectivity index (χ0v) is 24.4. The van der Waals surface area contributed by atoms with Crippen LogP contribution in [-0.4, -0.2) is 29.3 Å². The number of fused-ring (bicyclic) bond motifs is 1. The number of hydrogen-bond donors (Lipinski definition) is 2. The molecule has 0 aromatic heterocycles. The van der Waals surface area contributed by atoms with Crippen molar-refractivity contribution in [2.75, 3.05) is 20.9 Å². The minimum atomic E-state index is -4.06. The number of anilines is 3. The molecule has 1 amide bonds. The van der Waals surface area contributed by atoms with Crippen molar-refractivity contribution in [3.63, 3.8) is 0 Å². The lowest BCUT2D eigenvalue weighted by Gasteiger charge is -2.26. The van der Waals surface area contributed by atoms with E-state index in [9.17, 15) is 21.6 Å². The van der Waals surface area contributed by atoms with Crippen molar-refractivity contribution in [3.05, 3.63) is 127 Å². The molecular weight excluding hydrogens is 571 g/mol. The van der Waals surface area contributed by atoms with E-state index < -0.39 is 32.5 Å². The van der Waals surface area contributed by atoms with Gasteiger partial charge >= 0.3 is 0 Å². The molecule has 0 aliphatic rings. The highest BCUT2D eigenvalue weighted by Gasteiger charge is 2.28. The van der Waals surface area contributed by atoms with Gasteiger partial charge in [0.05, 0.1) is 21.2 Å². The van der Waals surface area contributed by atoms with Gasteiger partial charge in [0.15, 0.2) is 0 Å². The Labute approximate surface area is 245 Å². The summed E-state index contributed by atoms with van der Waals surface area (Å²) in [6, 6.07) is 33.5. The fourth-order valence-electron chi connectivity index (χ4n) is 4.64. The van der Waals surface area contributed by atoms with Gasteiger partial charge in [0.25, 0.3) is 20.0 Å². The topological polar surface area (TPSA) is 113 Å².